The highest BCUT2D eigenvalue weighted by Gasteiger charge is 2.09. The largest absolute Gasteiger partial charge is 0.497 e. The molecule has 0 bridgehead atoms. The summed E-state index contributed by atoms with van der Waals surface area (Å²) in [6.45, 7) is 1.86. The van der Waals surface area contributed by atoms with E-state index in [4.69, 9.17) is 14.2 Å². The van der Waals surface area contributed by atoms with E-state index in [0.717, 1.165) is 28.3 Å². The number of nitrogens with one attached hydrogen (secondary N) is 1. The van der Waals surface area contributed by atoms with Gasteiger partial charge in [-0.15, -0.1) is 0 Å². The van der Waals surface area contributed by atoms with Gasteiger partial charge < -0.3 is 24.4 Å². The van der Waals surface area contributed by atoms with Crippen LogP contribution in [-0.2, 0) is 18.0 Å². The van der Waals surface area contributed by atoms with Gasteiger partial charge in [-0.05, 0) is 47.5 Å². The first kappa shape index (κ1) is 22.2. The molecule has 0 unspecified atom stereocenters. The first-order chi connectivity index (χ1) is 15.1. The van der Waals surface area contributed by atoms with Crippen molar-refractivity contribution >= 4 is 11.7 Å². The summed E-state index contributed by atoms with van der Waals surface area (Å²) < 4.78 is 16.6. The average molecular weight is 421 g/mol. The number of likely N-dealkylation sites (N-methyl/N-ethyl adjacent to an activating group) is 1. The lowest BCUT2D eigenvalue weighted by molar-refractivity contribution is 0.107. The van der Waals surface area contributed by atoms with Gasteiger partial charge in [-0.3, -0.25) is 0 Å². The number of amides is 2. The number of para-hydroxylation sites is 1. The van der Waals surface area contributed by atoms with Crippen molar-refractivity contribution in [2.75, 3.05) is 32.6 Å². The summed E-state index contributed by atoms with van der Waals surface area (Å²) in [5.74, 6) is 1.61. The normalized spacial score (nSPS) is 10.4. The molecule has 3 aromatic carbocycles. The number of hydrogen-bond acceptors (Lipinski definition) is 4. The predicted octanol–water partition coefficient (Wildman–Crippen LogP) is 4.95. The van der Waals surface area contributed by atoms with Gasteiger partial charge in [-0.25, -0.2) is 4.79 Å². The lowest BCUT2D eigenvalue weighted by atomic mass is 10.2. The SMILES string of the molecule is COc1ccc(COCc2cccc(NC(=O)N(C)CCOc3ccccc3)c2)cc1. The van der Waals surface area contributed by atoms with Crippen molar-refractivity contribution in [3.63, 3.8) is 0 Å². The summed E-state index contributed by atoms with van der Waals surface area (Å²) in [7, 11) is 3.39. The third-order valence-corrected chi connectivity index (χ3v) is 4.66. The fraction of sp³-hybridized carbons (Fsp3) is 0.240. The fourth-order valence-corrected chi connectivity index (χ4v) is 2.88. The van der Waals surface area contributed by atoms with E-state index in [2.05, 4.69) is 5.32 Å². The second kappa shape index (κ2) is 11.6. The number of anilines is 1. The quantitative estimate of drug-likeness (QED) is 0.504. The second-order valence-electron chi connectivity index (χ2n) is 7.05. The molecule has 6 nitrogen and oxygen atoms in total. The molecule has 3 aromatic rings. The summed E-state index contributed by atoms with van der Waals surface area (Å²) in [6, 6.07) is 24.8. The van der Waals surface area contributed by atoms with Gasteiger partial charge in [-0.2, -0.15) is 0 Å². The van der Waals surface area contributed by atoms with Crippen molar-refractivity contribution in [2.24, 2.45) is 0 Å². The molecule has 0 aliphatic heterocycles. The van der Waals surface area contributed by atoms with Crippen LogP contribution in [0.4, 0.5) is 10.5 Å². The van der Waals surface area contributed by atoms with Crippen LogP contribution in [0.2, 0.25) is 0 Å². The van der Waals surface area contributed by atoms with E-state index in [1.54, 1.807) is 19.1 Å². The maximum Gasteiger partial charge on any atom is 0.321 e. The van der Waals surface area contributed by atoms with E-state index in [-0.39, 0.29) is 6.03 Å². The Morgan fingerprint density at radius 3 is 2.35 bits per heavy atom. The molecule has 0 radical (unpaired) electrons. The topological polar surface area (TPSA) is 60.0 Å². The van der Waals surface area contributed by atoms with Crippen LogP contribution in [0.25, 0.3) is 0 Å². The molecular weight excluding hydrogens is 392 g/mol. The van der Waals surface area contributed by atoms with E-state index < -0.39 is 0 Å². The van der Waals surface area contributed by atoms with Crippen molar-refractivity contribution in [3.8, 4) is 11.5 Å². The van der Waals surface area contributed by atoms with Crippen molar-refractivity contribution < 1.29 is 19.0 Å². The molecular formula is C25H28N2O4. The van der Waals surface area contributed by atoms with Crippen LogP contribution in [-0.4, -0.2) is 38.2 Å². The number of hydrogen-bond donors (Lipinski definition) is 1. The van der Waals surface area contributed by atoms with Crippen molar-refractivity contribution in [1.82, 2.24) is 4.90 Å². The molecule has 0 aromatic heterocycles. The molecule has 0 spiro atoms. The molecule has 3 rings (SSSR count). The van der Waals surface area contributed by atoms with Crippen LogP contribution in [0.3, 0.4) is 0 Å². The predicted molar refractivity (Wildman–Crippen MR) is 122 cm³/mol. The number of methoxy groups -OCH3 is 1. The third-order valence-electron chi connectivity index (χ3n) is 4.66. The maximum absolute atomic E-state index is 12.4. The first-order valence-corrected chi connectivity index (χ1v) is 10.1. The van der Waals surface area contributed by atoms with E-state index in [1.807, 2.05) is 78.9 Å². The molecule has 0 aliphatic rings. The molecule has 6 heteroatoms. The number of urea groups is 1. The third kappa shape index (κ3) is 7.35. The van der Waals surface area contributed by atoms with E-state index in [1.165, 1.54) is 0 Å². The molecule has 0 atom stereocenters. The van der Waals surface area contributed by atoms with Gasteiger partial charge >= 0.3 is 6.03 Å². The molecule has 0 aliphatic carbocycles. The summed E-state index contributed by atoms with van der Waals surface area (Å²) >= 11 is 0. The van der Waals surface area contributed by atoms with Crippen molar-refractivity contribution in [3.05, 3.63) is 90.0 Å². The van der Waals surface area contributed by atoms with Gasteiger partial charge in [0.1, 0.15) is 18.1 Å². The fourth-order valence-electron chi connectivity index (χ4n) is 2.88. The number of ether oxygens (including phenoxy) is 3. The molecule has 2 amide bonds. The van der Waals surface area contributed by atoms with E-state index in [0.29, 0.717) is 26.4 Å². The molecule has 162 valence electrons. The molecule has 0 heterocycles. The highest BCUT2D eigenvalue weighted by Crippen LogP contribution is 2.15. The van der Waals surface area contributed by atoms with Crippen LogP contribution in [0.1, 0.15) is 11.1 Å². The Kier molecular flexibility index (Phi) is 8.31. The number of carbonyl (C=O) groups excluding carboxylic acids is 1. The van der Waals surface area contributed by atoms with Gasteiger partial charge in [0, 0.05) is 12.7 Å². The molecule has 0 fully saturated rings. The Balaban J connectivity index is 1.42. The number of benzene rings is 3. The Morgan fingerprint density at radius 2 is 1.61 bits per heavy atom. The van der Waals surface area contributed by atoms with Crippen molar-refractivity contribution in [1.29, 1.82) is 0 Å². The minimum absolute atomic E-state index is 0.187. The molecule has 1 N–H and O–H groups in total. The average Bonchev–Trinajstić information content (AvgIpc) is 2.80. The zero-order valence-electron chi connectivity index (χ0n) is 17.9. The summed E-state index contributed by atoms with van der Waals surface area (Å²) in [5, 5.41) is 2.91. The second-order valence-corrected chi connectivity index (χ2v) is 7.05. The minimum Gasteiger partial charge on any atom is -0.497 e. The summed E-state index contributed by atoms with van der Waals surface area (Å²) in [6.07, 6.45) is 0. The van der Waals surface area contributed by atoms with Gasteiger partial charge in [-0.1, -0.05) is 42.5 Å². The highest BCUT2D eigenvalue weighted by molar-refractivity contribution is 5.89. The van der Waals surface area contributed by atoms with Crippen LogP contribution in [0.15, 0.2) is 78.9 Å². The lowest BCUT2D eigenvalue weighted by Gasteiger charge is -2.18. The van der Waals surface area contributed by atoms with Crippen LogP contribution >= 0.6 is 0 Å². The number of nitrogens with zero attached hydrogens (tertiary/aromatic N) is 1. The van der Waals surface area contributed by atoms with E-state index >= 15 is 0 Å². The van der Waals surface area contributed by atoms with E-state index in [9.17, 15) is 4.79 Å². The zero-order chi connectivity index (χ0) is 21.9. The van der Waals surface area contributed by atoms with Gasteiger partial charge in [0.05, 0.1) is 26.9 Å². The lowest BCUT2D eigenvalue weighted by Crippen LogP contribution is -2.34. The summed E-state index contributed by atoms with van der Waals surface area (Å²) in [4.78, 5) is 14.0. The Bertz CT molecular complexity index is 945. The molecule has 31 heavy (non-hydrogen) atoms. The zero-order valence-corrected chi connectivity index (χ0v) is 17.9. The number of rotatable bonds is 10. The maximum atomic E-state index is 12.4. The van der Waals surface area contributed by atoms with Gasteiger partial charge in [0.25, 0.3) is 0 Å². The smallest absolute Gasteiger partial charge is 0.321 e. The first-order valence-electron chi connectivity index (χ1n) is 10.1. The highest BCUT2D eigenvalue weighted by atomic mass is 16.5. The van der Waals surface area contributed by atoms with Crippen LogP contribution < -0.4 is 14.8 Å². The minimum atomic E-state index is -0.187. The number of carbonyl (C=O) groups is 1. The van der Waals surface area contributed by atoms with Crippen LogP contribution in [0, 0.1) is 0 Å². The Hall–Kier alpha value is -3.51. The van der Waals surface area contributed by atoms with Gasteiger partial charge in [0.15, 0.2) is 0 Å². The van der Waals surface area contributed by atoms with Crippen LogP contribution in [0.5, 0.6) is 11.5 Å². The molecule has 0 saturated carbocycles. The van der Waals surface area contributed by atoms with Crippen molar-refractivity contribution in [2.45, 2.75) is 13.2 Å². The molecule has 0 saturated heterocycles. The van der Waals surface area contributed by atoms with Gasteiger partial charge in [0.2, 0.25) is 0 Å². The summed E-state index contributed by atoms with van der Waals surface area (Å²) in [5.41, 5.74) is 2.79. The monoisotopic (exact) mass is 420 g/mol. The Morgan fingerprint density at radius 1 is 0.871 bits per heavy atom. The Labute approximate surface area is 183 Å². The standard InChI is InChI=1S/C25H28N2O4/c1-27(15-16-31-24-9-4-3-5-10-24)25(28)26-22-8-6-7-21(17-22)19-30-18-20-11-13-23(29-2)14-12-20/h3-14,17H,15-16,18-19H2,1-2H3,(H,26,28).